The van der Waals surface area contributed by atoms with Crippen LogP contribution in [0.1, 0.15) is 6.42 Å². The van der Waals surface area contributed by atoms with Gasteiger partial charge in [-0.1, -0.05) is 18.2 Å². The summed E-state index contributed by atoms with van der Waals surface area (Å²) in [4.78, 5) is 4.31. The van der Waals surface area contributed by atoms with E-state index < -0.39 is 0 Å². The van der Waals surface area contributed by atoms with Gasteiger partial charge in [-0.15, -0.1) is 0 Å². The third kappa shape index (κ3) is 0.739. The Bertz CT molecular complexity index is 366. The Kier molecular flexibility index (Phi) is 0.869. The molecule has 3 rings (SSSR count). The van der Waals surface area contributed by atoms with Crippen molar-refractivity contribution in [3.05, 3.63) is 28.9 Å². The highest BCUT2D eigenvalue weighted by Gasteiger charge is 2.34. The van der Waals surface area contributed by atoms with Crippen LogP contribution in [0.3, 0.4) is 0 Å². The molecule has 1 fully saturated rings. The van der Waals surface area contributed by atoms with Gasteiger partial charge in [0.05, 0.1) is 5.35 Å². The fraction of sp³-hybridized carbons (Fsp3) is 0.300. The molecule has 1 aromatic heterocycles. The molecule has 2 aliphatic rings. The Morgan fingerprint density at radius 1 is 1.27 bits per heavy atom. The first-order valence-corrected chi connectivity index (χ1v) is 4.08. The molecule has 2 aliphatic carbocycles. The van der Waals surface area contributed by atoms with Gasteiger partial charge in [0.25, 0.3) is 0 Å². The van der Waals surface area contributed by atoms with E-state index in [0.29, 0.717) is 0 Å². The minimum atomic E-state index is 0.817. The number of pyridine rings is 1. The summed E-state index contributed by atoms with van der Waals surface area (Å²) in [5.41, 5.74) is 0. The average Bonchev–Trinajstić information content (AvgIpc) is 2.77. The van der Waals surface area contributed by atoms with Crippen LogP contribution in [0.4, 0.5) is 0 Å². The lowest BCUT2D eigenvalue weighted by Crippen LogP contribution is -2.29. The van der Waals surface area contributed by atoms with Crippen molar-refractivity contribution in [2.45, 2.75) is 6.42 Å². The molecule has 1 aromatic rings. The molecule has 2 unspecified atom stereocenters. The molecule has 0 spiro atoms. The first-order valence-electron chi connectivity index (χ1n) is 4.08. The van der Waals surface area contributed by atoms with E-state index in [1.165, 1.54) is 17.0 Å². The Balaban J connectivity index is 2.42. The van der Waals surface area contributed by atoms with Gasteiger partial charge in [-0.3, -0.25) is 4.98 Å². The summed E-state index contributed by atoms with van der Waals surface area (Å²) in [7, 11) is 0. The summed E-state index contributed by atoms with van der Waals surface area (Å²) in [5, 5.41) is 2.51. The molecule has 0 aromatic carbocycles. The highest BCUT2D eigenvalue weighted by molar-refractivity contribution is 5.47. The van der Waals surface area contributed by atoms with Gasteiger partial charge in [-0.05, 0) is 29.5 Å². The minimum absolute atomic E-state index is 0.817. The molecule has 1 heteroatoms. The lowest BCUT2D eigenvalue weighted by molar-refractivity contribution is 1.03. The SMILES string of the molecule is C1=c2cccnc2=CC2CC12. The molecule has 0 bridgehead atoms. The standard InChI is InChI=1S/C10H9N/c1-2-7-4-8-5-9(8)6-10(7)11-3-1/h1-4,6,8-9H,5H2. The first-order chi connectivity index (χ1) is 5.43. The number of aromatic nitrogens is 1. The zero-order chi connectivity index (χ0) is 7.26. The van der Waals surface area contributed by atoms with Crippen LogP contribution >= 0.6 is 0 Å². The Hall–Kier alpha value is -1.11. The highest BCUT2D eigenvalue weighted by atomic mass is 14.6. The van der Waals surface area contributed by atoms with Crippen LogP contribution in [-0.4, -0.2) is 4.98 Å². The van der Waals surface area contributed by atoms with Crippen molar-refractivity contribution in [2.24, 2.45) is 11.8 Å². The summed E-state index contributed by atoms with van der Waals surface area (Å²) < 4.78 is 0. The number of fused-ring (bicyclic) bond motifs is 2. The molecule has 1 saturated carbocycles. The fourth-order valence-corrected chi connectivity index (χ4v) is 1.76. The van der Waals surface area contributed by atoms with Crippen LogP contribution in [0.25, 0.3) is 12.2 Å². The first kappa shape index (κ1) is 5.53. The van der Waals surface area contributed by atoms with Crippen LogP contribution in [-0.2, 0) is 0 Å². The summed E-state index contributed by atoms with van der Waals surface area (Å²) in [6, 6.07) is 4.15. The van der Waals surface area contributed by atoms with Gasteiger partial charge >= 0.3 is 0 Å². The number of nitrogens with zero attached hydrogens (tertiary/aromatic N) is 1. The van der Waals surface area contributed by atoms with Crippen molar-refractivity contribution in [3.8, 4) is 0 Å². The molecule has 1 nitrogen and oxygen atoms in total. The molecule has 0 saturated heterocycles. The summed E-state index contributed by atoms with van der Waals surface area (Å²) in [5.74, 6) is 1.66. The molecule has 54 valence electrons. The maximum atomic E-state index is 4.31. The van der Waals surface area contributed by atoms with Gasteiger partial charge in [-0.2, -0.15) is 0 Å². The lowest BCUT2D eigenvalue weighted by Gasteiger charge is -1.95. The highest BCUT2D eigenvalue weighted by Crippen LogP contribution is 2.41. The van der Waals surface area contributed by atoms with Crippen molar-refractivity contribution in [3.63, 3.8) is 0 Å². The molecule has 1 heterocycles. The summed E-state index contributed by atoms with van der Waals surface area (Å²) in [6.45, 7) is 0. The Morgan fingerprint density at radius 2 is 2.18 bits per heavy atom. The van der Waals surface area contributed by atoms with Crippen LogP contribution < -0.4 is 10.6 Å². The smallest absolute Gasteiger partial charge is 0.0662 e. The molecule has 0 radical (unpaired) electrons. The number of rotatable bonds is 0. The maximum Gasteiger partial charge on any atom is 0.0662 e. The fourth-order valence-electron chi connectivity index (χ4n) is 1.76. The molecule has 11 heavy (non-hydrogen) atoms. The zero-order valence-corrected chi connectivity index (χ0v) is 6.20. The lowest BCUT2D eigenvalue weighted by atomic mass is 10.1. The van der Waals surface area contributed by atoms with E-state index >= 15 is 0 Å². The third-order valence-corrected chi connectivity index (χ3v) is 2.53. The van der Waals surface area contributed by atoms with Crippen LogP contribution in [0, 0.1) is 11.8 Å². The van der Waals surface area contributed by atoms with Crippen LogP contribution in [0.5, 0.6) is 0 Å². The van der Waals surface area contributed by atoms with E-state index in [-0.39, 0.29) is 0 Å². The van der Waals surface area contributed by atoms with E-state index in [4.69, 9.17) is 0 Å². The van der Waals surface area contributed by atoms with Gasteiger partial charge in [0, 0.05) is 6.20 Å². The van der Waals surface area contributed by atoms with E-state index in [0.717, 1.165) is 11.8 Å². The quantitative estimate of drug-likeness (QED) is 0.509. The second-order valence-electron chi connectivity index (χ2n) is 3.37. The average molecular weight is 143 g/mol. The molecular formula is C10H9N. The third-order valence-electron chi connectivity index (χ3n) is 2.53. The zero-order valence-electron chi connectivity index (χ0n) is 6.20. The topological polar surface area (TPSA) is 12.9 Å². The van der Waals surface area contributed by atoms with Crippen molar-refractivity contribution in [2.75, 3.05) is 0 Å². The Labute approximate surface area is 65.1 Å². The van der Waals surface area contributed by atoms with Gasteiger partial charge < -0.3 is 0 Å². The van der Waals surface area contributed by atoms with E-state index in [2.05, 4.69) is 23.2 Å². The summed E-state index contributed by atoms with van der Waals surface area (Å²) >= 11 is 0. The van der Waals surface area contributed by atoms with Crippen molar-refractivity contribution >= 4 is 12.2 Å². The van der Waals surface area contributed by atoms with Gasteiger partial charge in [0.1, 0.15) is 0 Å². The van der Waals surface area contributed by atoms with E-state index in [1.807, 2.05) is 12.3 Å². The van der Waals surface area contributed by atoms with Crippen molar-refractivity contribution in [1.82, 2.24) is 4.98 Å². The number of hydrogen-bond acceptors (Lipinski definition) is 1. The van der Waals surface area contributed by atoms with Gasteiger partial charge in [0.2, 0.25) is 0 Å². The predicted octanol–water partition coefficient (Wildman–Crippen LogP) is 0.292. The molecule has 0 aliphatic heterocycles. The second kappa shape index (κ2) is 1.73. The van der Waals surface area contributed by atoms with Crippen LogP contribution in [0.15, 0.2) is 18.3 Å². The normalized spacial score (nSPS) is 30.9. The molecular weight excluding hydrogens is 134 g/mol. The van der Waals surface area contributed by atoms with Crippen molar-refractivity contribution in [1.29, 1.82) is 0 Å². The molecule has 2 atom stereocenters. The van der Waals surface area contributed by atoms with E-state index in [9.17, 15) is 0 Å². The van der Waals surface area contributed by atoms with Gasteiger partial charge in [-0.25, -0.2) is 0 Å². The minimum Gasteiger partial charge on any atom is -0.257 e. The largest absolute Gasteiger partial charge is 0.257 e. The van der Waals surface area contributed by atoms with Crippen molar-refractivity contribution < 1.29 is 0 Å². The summed E-state index contributed by atoms with van der Waals surface area (Å²) in [6.07, 6.45) is 7.87. The maximum absolute atomic E-state index is 4.31. The second-order valence-corrected chi connectivity index (χ2v) is 3.37. The van der Waals surface area contributed by atoms with Crippen LogP contribution in [0.2, 0.25) is 0 Å². The Morgan fingerprint density at radius 3 is 3.18 bits per heavy atom. The van der Waals surface area contributed by atoms with Gasteiger partial charge in [0.15, 0.2) is 0 Å². The van der Waals surface area contributed by atoms with E-state index in [1.54, 1.807) is 0 Å². The monoisotopic (exact) mass is 143 g/mol. The predicted molar refractivity (Wildman–Crippen MR) is 44.0 cm³/mol. The molecule has 0 N–H and O–H groups in total. The number of hydrogen-bond donors (Lipinski definition) is 0. The molecule has 0 amide bonds.